The highest BCUT2D eigenvalue weighted by atomic mass is 32.2. The van der Waals surface area contributed by atoms with Crippen LogP contribution in [-0.2, 0) is 9.59 Å². The van der Waals surface area contributed by atoms with Crippen molar-refractivity contribution in [3.63, 3.8) is 0 Å². The molecule has 0 radical (unpaired) electrons. The van der Waals surface area contributed by atoms with E-state index in [0.717, 1.165) is 24.2 Å². The maximum Gasteiger partial charge on any atom is 0.237 e. The van der Waals surface area contributed by atoms with Gasteiger partial charge in [-0.25, -0.2) is 0 Å². The van der Waals surface area contributed by atoms with Crippen molar-refractivity contribution >= 4 is 35.0 Å². The predicted octanol–water partition coefficient (Wildman–Crippen LogP) is 4.37. The van der Waals surface area contributed by atoms with Gasteiger partial charge in [0.15, 0.2) is 0 Å². The van der Waals surface area contributed by atoms with Crippen molar-refractivity contribution in [3.05, 3.63) is 36.4 Å². The molecule has 1 aromatic rings. The van der Waals surface area contributed by atoms with E-state index in [-0.39, 0.29) is 17.1 Å². The first-order chi connectivity index (χ1) is 11.0. The summed E-state index contributed by atoms with van der Waals surface area (Å²) >= 11 is 1.52. The summed E-state index contributed by atoms with van der Waals surface area (Å²) < 4.78 is 0. The summed E-state index contributed by atoms with van der Waals surface area (Å²) in [6, 6.07) is 5.62. The van der Waals surface area contributed by atoms with E-state index in [0.29, 0.717) is 17.8 Å². The number of rotatable bonds is 9. The summed E-state index contributed by atoms with van der Waals surface area (Å²) in [5.74, 6) is 0.620. The molecule has 0 fully saturated rings. The Morgan fingerprint density at radius 1 is 1.30 bits per heavy atom. The fourth-order valence-electron chi connectivity index (χ4n) is 1.94. The van der Waals surface area contributed by atoms with Crippen LogP contribution < -0.4 is 10.6 Å². The molecule has 0 bridgehead atoms. The van der Waals surface area contributed by atoms with Crippen molar-refractivity contribution in [3.8, 4) is 0 Å². The van der Waals surface area contributed by atoms with Crippen LogP contribution in [0.2, 0.25) is 0 Å². The molecule has 1 atom stereocenters. The highest BCUT2D eigenvalue weighted by Crippen LogP contribution is 2.25. The molecule has 0 aliphatic heterocycles. The second kappa shape index (κ2) is 10.1. The molecule has 0 saturated carbocycles. The van der Waals surface area contributed by atoms with Gasteiger partial charge in [0.2, 0.25) is 11.8 Å². The lowest BCUT2D eigenvalue weighted by Crippen LogP contribution is -2.24. The number of thioether (sulfide) groups is 1. The van der Waals surface area contributed by atoms with E-state index in [1.807, 2.05) is 39.0 Å². The highest BCUT2D eigenvalue weighted by molar-refractivity contribution is 8.00. The van der Waals surface area contributed by atoms with Crippen LogP contribution in [0.25, 0.3) is 0 Å². The van der Waals surface area contributed by atoms with Gasteiger partial charge < -0.3 is 10.6 Å². The predicted molar refractivity (Wildman–Crippen MR) is 100 cm³/mol. The lowest BCUT2D eigenvalue weighted by molar-refractivity contribution is -0.116. The lowest BCUT2D eigenvalue weighted by Gasteiger charge is -2.15. The molecule has 0 spiro atoms. The third-order valence-electron chi connectivity index (χ3n) is 3.30. The molecule has 0 aliphatic carbocycles. The summed E-state index contributed by atoms with van der Waals surface area (Å²) in [6.45, 7) is 9.52. The van der Waals surface area contributed by atoms with Crippen molar-refractivity contribution in [2.24, 2.45) is 0 Å². The fraction of sp³-hybridized carbons (Fsp3) is 0.444. The first-order valence-electron chi connectivity index (χ1n) is 7.91. The van der Waals surface area contributed by atoms with Gasteiger partial charge >= 0.3 is 0 Å². The van der Waals surface area contributed by atoms with Crippen molar-refractivity contribution in [1.82, 2.24) is 0 Å². The normalized spacial score (nSPS) is 11.6. The Morgan fingerprint density at radius 2 is 2.04 bits per heavy atom. The van der Waals surface area contributed by atoms with E-state index in [9.17, 15) is 9.59 Å². The molecule has 0 aliphatic rings. The summed E-state index contributed by atoms with van der Waals surface area (Å²) in [6.07, 6.45) is 4.10. The summed E-state index contributed by atoms with van der Waals surface area (Å²) in [5, 5.41) is 5.61. The highest BCUT2D eigenvalue weighted by Gasteiger charge is 2.15. The van der Waals surface area contributed by atoms with Gasteiger partial charge in [-0.2, -0.15) is 0 Å². The standard InChI is InChI=1S/C18H26N2O2S/c1-5-7-8-17(21)19-15-10-9-13(3)12-16(15)20-18(22)14(4)23-11-6-2/h6,9-10,12,14H,2,5,7-8,11H2,1,3-4H3,(H,19,21)(H,20,22). The summed E-state index contributed by atoms with van der Waals surface area (Å²) in [5.41, 5.74) is 2.31. The van der Waals surface area contributed by atoms with E-state index in [1.54, 1.807) is 6.08 Å². The Bertz CT molecular complexity index is 558. The number of hydrogen-bond acceptors (Lipinski definition) is 3. The second-order valence-electron chi connectivity index (χ2n) is 5.45. The van der Waals surface area contributed by atoms with Crippen LogP contribution >= 0.6 is 11.8 Å². The van der Waals surface area contributed by atoms with Crippen LogP contribution in [-0.4, -0.2) is 22.8 Å². The number of benzene rings is 1. The van der Waals surface area contributed by atoms with Crippen molar-refractivity contribution < 1.29 is 9.59 Å². The molecular formula is C18H26N2O2S. The van der Waals surface area contributed by atoms with Crippen LogP contribution in [0.5, 0.6) is 0 Å². The Kier molecular flexibility index (Phi) is 8.48. The molecule has 2 amide bonds. The Balaban J connectivity index is 2.80. The van der Waals surface area contributed by atoms with Gasteiger partial charge in [-0.15, -0.1) is 18.3 Å². The van der Waals surface area contributed by atoms with Gasteiger partial charge in [0.05, 0.1) is 16.6 Å². The molecule has 126 valence electrons. The zero-order valence-electron chi connectivity index (χ0n) is 14.1. The van der Waals surface area contributed by atoms with Gasteiger partial charge in [0, 0.05) is 12.2 Å². The maximum atomic E-state index is 12.3. The van der Waals surface area contributed by atoms with E-state index in [1.165, 1.54) is 11.8 Å². The monoisotopic (exact) mass is 334 g/mol. The van der Waals surface area contributed by atoms with E-state index in [2.05, 4.69) is 17.2 Å². The minimum atomic E-state index is -0.183. The van der Waals surface area contributed by atoms with Crippen LogP contribution in [0, 0.1) is 6.92 Å². The molecule has 23 heavy (non-hydrogen) atoms. The second-order valence-corrected chi connectivity index (χ2v) is 6.83. The van der Waals surface area contributed by atoms with E-state index in [4.69, 9.17) is 0 Å². The maximum absolute atomic E-state index is 12.3. The Labute approximate surface area is 143 Å². The molecule has 0 heterocycles. The van der Waals surface area contributed by atoms with Crippen molar-refractivity contribution in [2.75, 3.05) is 16.4 Å². The molecule has 1 unspecified atom stereocenters. The van der Waals surface area contributed by atoms with Crippen LogP contribution in [0.4, 0.5) is 11.4 Å². The number of nitrogens with one attached hydrogen (secondary N) is 2. The average molecular weight is 334 g/mol. The smallest absolute Gasteiger partial charge is 0.237 e. The van der Waals surface area contributed by atoms with Crippen LogP contribution in [0.3, 0.4) is 0 Å². The Hall–Kier alpha value is -1.75. The number of unbranched alkanes of at least 4 members (excludes halogenated alkanes) is 1. The molecule has 0 aromatic heterocycles. The number of amides is 2. The third kappa shape index (κ3) is 6.91. The van der Waals surface area contributed by atoms with Gasteiger partial charge in [-0.05, 0) is 38.0 Å². The topological polar surface area (TPSA) is 58.2 Å². The Morgan fingerprint density at radius 3 is 2.70 bits per heavy atom. The van der Waals surface area contributed by atoms with Crippen molar-refractivity contribution in [2.45, 2.75) is 45.3 Å². The SMILES string of the molecule is C=CCSC(C)C(=O)Nc1cc(C)ccc1NC(=O)CCCC. The first-order valence-corrected chi connectivity index (χ1v) is 8.96. The number of aryl methyl sites for hydroxylation is 1. The largest absolute Gasteiger partial charge is 0.324 e. The quantitative estimate of drug-likeness (QED) is 0.659. The third-order valence-corrected chi connectivity index (χ3v) is 4.44. The molecule has 1 aromatic carbocycles. The van der Waals surface area contributed by atoms with Gasteiger partial charge in [0.25, 0.3) is 0 Å². The summed E-state index contributed by atoms with van der Waals surface area (Å²) in [7, 11) is 0. The van der Waals surface area contributed by atoms with Gasteiger partial charge in [0.1, 0.15) is 0 Å². The number of carbonyl (C=O) groups excluding carboxylic acids is 2. The molecule has 1 rings (SSSR count). The molecule has 0 saturated heterocycles. The van der Waals surface area contributed by atoms with Gasteiger partial charge in [-0.3, -0.25) is 9.59 Å². The minimum absolute atomic E-state index is 0.0275. The number of anilines is 2. The molecule has 4 nitrogen and oxygen atoms in total. The lowest BCUT2D eigenvalue weighted by atomic mass is 10.1. The average Bonchev–Trinajstić information content (AvgIpc) is 2.53. The zero-order valence-corrected chi connectivity index (χ0v) is 15.0. The molecular weight excluding hydrogens is 308 g/mol. The molecule has 5 heteroatoms. The summed E-state index contributed by atoms with van der Waals surface area (Å²) in [4.78, 5) is 24.2. The van der Waals surface area contributed by atoms with Gasteiger partial charge in [-0.1, -0.05) is 25.5 Å². The van der Waals surface area contributed by atoms with Crippen LogP contribution in [0.15, 0.2) is 30.9 Å². The van der Waals surface area contributed by atoms with Crippen molar-refractivity contribution in [1.29, 1.82) is 0 Å². The van der Waals surface area contributed by atoms with Crippen LogP contribution in [0.1, 0.15) is 38.7 Å². The molecule has 2 N–H and O–H groups in total. The zero-order chi connectivity index (χ0) is 17.2. The van der Waals surface area contributed by atoms with E-state index < -0.39 is 0 Å². The first kappa shape index (κ1) is 19.3. The minimum Gasteiger partial charge on any atom is -0.324 e. The number of carbonyl (C=O) groups is 2. The fourth-order valence-corrected chi connectivity index (χ4v) is 2.58. The number of hydrogen-bond donors (Lipinski definition) is 2. The van der Waals surface area contributed by atoms with E-state index >= 15 is 0 Å².